The molecule has 0 radical (unpaired) electrons. The number of amides is 2. The third kappa shape index (κ3) is 5.01. The van der Waals surface area contributed by atoms with Crippen LogP contribution in [0.2, 0.25) is 0 Å². The number of ether oxygens (including phenoxy) is 3. The van der Waals surface area contributed by atoms with E-state index >= 15 is 0 Å². The lowest BCUT2D eigenvalue weighted by molar-refractivity contribution is 0.0602. The molecule has 1 aliphatic rings. The average Bonchev–Trinajstić information content (AvgIpc) is 2.79. The average molecular weight is 413 g/mol. The van der Waals surface area contributed by atoms with Crippen molar-refractivity contribution < 1.29 is 23.8 Å². The van der Waals surface area contributed by atoms with Crippen molar-refractivity contribution in [1.29, 1.82) is 0 Å². The van der Waals surface area contributed by atoms with Gasteiger partial charge in [0.15, 0.2) is 0 Å². The Kier molecular flexibility index (Phi) is 7.13. The van der Waals surface area contributed by atoms with E-state index in [9.17, 15) is 9.59 Å². The van der Waals surface area contributed by atoms with Gasteiger partial charge in [0.25, 0.3) is 0 Å². The predicted molar refractivity (Wildman–Crippen MR) is 113 cm³/mol. The van der Waals surface area contributed by atoms with Gasteiger partial charge in [-0.1, -0.05) is 12.1 Å². The maximum Gasteiger partial charge on any atom is 0.339 e. The molecule has 8 heteroatoms. The van der Waals surface area contributed by atoms with Crippen LogP contribution < -0.4 is 14.8 Å². The lowest BCUT2D eigenvalue weighted by atomic mass is 10.1. The van der Waals surface area contributed by atoms with Gasteiger partial charge in [-0.25, -0.2) is 9.59 Å². The van der Waals surface area contributed by atoms with Crippen LogP contribution in [0, 0.1) is 0 Å². The van der Waals surface area contributed by atoms with Crippen molar-refractivity contribution in [2.24, 2.45) is 0 Å². The van der Waals surface area contributed by atoms with Crippen molar-refractivity contribution in [1.82, 2.24) is 9.80 Å². The number of rotatable bonds is 6. The first kappa shape index (κ1) is 21.4. The van der Waals surface area contributed by atoms with Crippen LogP contribution >= 0.6 is 0 Å². The van der Waals surface area contributed by atoms with E-state index in [0.29, 0.717) is 30.9 Å². The summed E-state index contributed by atoms with van der Waals surface area (Å²) in [4.78, 5) is 28.6. The number of urea groups is 1. The zero-order chi connectivity index (χ0) is 21.5. The summed E-state index contributed by atoms with van der Waals surface area (Å²) in [6.45, 7) is 3.33. The number of para-hydroxylation sites is 1. The molecular formula is C22H27N3O5. The Hall–Kier alpha value is -3.26. The van der Waals surface area contributed by atoms with Crippen LogP contribution in [0.25, 0.3) is 0 Å². The van der Waals surface area contributed by atoms with Crippen LogP contribution in [0.3, 0.4) is 0 Å². The smallest absolute Gasteiger partial charge is 0.339 e. The fourth-order valence-corrected chi connectivity index (χ4v) is 3.43. The quantitative estimate of drug-likeness (QED) is 0.734. The zero-order valence-electron chi connectivity index (χ0n) is 17.5. The fourth-order valence-electron chi connectivity index (χ4n) is 3.43. The van der Waals surface area contributed by atoms with Crippen LogP contribution in [0.5, 0.6) is 11.5 Å². The minimum atomic E-state index is -0.483. The highest BCUT2D eigenvalue weighted by atomic mass is 16.5. The van der Waals surface area contributed by atoms with Gasteiger partial charge in [0.05, 0.1) is 32.6 Å². The number of anilines is 1. The molecule has 1 saturated heterocycles. The van der Waals surface area contributed by atoms with Gasteiger partial charge in [-0.2, -0.15) is 0 Å². The summed E-state index contributed by atoms with van der Waals surface area (Å²) < 4.78 is 15.6. The molecule has 160 valence electrons. The van der Waals surface area contributed by atoms with Crippen LogP contribution in [-0.2, 0) is 11.3 Å². The van der Waals surface area contributed by atoms with Crippen LogP contribution in [0.4, 0.5) is 10.5 Å². The molecule has 0 spiro atoms. The van der Waals surface area contributed by atoms with E-state index in [1.165, 1.54) is 7.11 Å². The van der Waals surface area contributed by atoms with Gasteiger partial charge < -0.3 is 24.4 Å². The topological polar surface area (TPSA) is 80.3 Å². The van der Waals surface area contributed by atoms with Gasteiger partial charge in [-0.3, -0.25) is 4.90 Å². The van der Waals surface area contributed by atoms with E-state index in [0.717, 1.165) is 30.2 Å². The first-order valence-electron chi connectivity index (χ1n) is 9.72. The van der Waals surface area contributed by atoms with Crippen molar-refractivity contribution in [2.75, 3.05) is 52.8 Å². The molecular weight excluding hydrogens is 386 g/mol. The Balaban J connectivity index is 1.59. The monoisotopic (exact) mass is 413 g/mol. The summed E-state index contributed by atoms with van der Waals surface area (Å²) in [5, 5.41) is 2.82. The van der Waals surface area contributed by atoms with Gasteiger partial charge in [0.1, 0.15) is 11.5 Å². The molecule has 1 aliphatic heterocycles. The summed E-state index contributed by atoms with van der Waals surface area (Å²) in [6.07, 6.45) is 0. The molecule has 0 saturated carbocycles. The highest BCUT2D eigenvalue weighted by molar-refractivity contribution is 6.00. The highest BCUT2D eigenvalue weighted by Crippen LogP contribution is 2.26. The van der Waals surface area contributed by atoms with E-state index in [-0.39, 0.29) is 6.03 Å². The maximum atomic E-state index is 12.7. The van der Waals surface area contributed by atoms with E-state index in [2.05, 4.69) is 10.2 Å². The van der Waals surface area contributed by atoms with E-state index in [1.807, 2.05) is 18.2 Å². The van der Waals surface area contributed by atoms with Gasteiger partial charge in [-0.05, 0) is 30.3 Å². The Labute approximate surface area is 176 Å². The number of hydrogen-bond acceptors (Lipinski definition) is 6. The lowest BCUT2D eigenvalue weighted by Gasteiger charge is -2.35. The number of methoxy groups -OCH3 is 3. The van der Waals surface area contributed by atoms with Crippen molar-refractivity contribution >= 4 is 17.7 Å². The molecule has 30 heavy (non-hydrogen) atoms. The Morgan fingerprint density at radius 1 is 0.967 bits per heavy atom. The fraction of sp³-hybridized carbons (Fsp3) is 0.364. The first-order valence-corrected chi connectivity index (χ1v) is 9.72. The lowest BCUT2D eigenvalue weighted by Crippen LogP contribution is -2.49. The summed E-state index contributed by atoms with van der Waals surface area (Å²) in [5.41, 5.74) is 1.82. The molecule has 3 rings (SSSR count). The second-order valence-corrected chi connectivity index (χ2v) is 6.91. The third-order valence-corrected chi connectivity index (χ3v) is 5.11. The summed E-state index contributed by atoms with van der Waals surface area (Å²) in [6, 6.07) is 12.3. The van der Waals surface area contributed by atoms with Gasteiger partial charge in [0, 0.05) is 38.3 Å². The summed E-state index contributed by atoms with van der Waals surface area (Å²) in [5.74, 6) is 1.12. The molecule has 1 N–H and O–H groups in total. The molecule has 1 heterocycles. The number of piperazine rings is 1. The molecule has 0 aromatic heterocycles. The normalized spacial score (nSPS) is 14.2. The number of hydrogen-bond donors (Lipinski definition) is 1. The van der Waals surface area contributed by atoms with Crippen LogP contribution in [0.1, 0.15) is 15.9 Å². The number of carbonyl (C=O) groups excluding carboxylic acids is 2. The van der Waals surface area contributed by atoms with Crippen molar-refractivity contribution in [3.8, 4) is 11.5 Å². The first-order chi connectivity index (χ1) is 14.5. The predicted octanol–water partition coefficient (Wildman–Crippen LogP) is 2.84. The summed E-state index contributed by atoms with van der Waals surface area (Å²) in [7, 11) is 4.61. The molecule has 0 bridgehead atoms. The molecule has 2 amide bonds. The number of benzene rings is 2. The number of nitrogens with one attached hydrogen (secondary N) is 1. The van der Waals surface area contributed by atoms with E-state index in [1.54, 1.807) is 43.4 Å². The molecule has 1 fully saturated rings. The maximum absolute atomic E-state index is 12.7. The molecule has 0 aliphatic carbocycles. The Bertz CT molecular complexity index is 894. The van der Waals surface area contributed by atoms with E-state index < -0.39 is 5.97 Å². The Morgan fingerprint density at radius 2 is 1.70 bits per heavy atom. The highest BCUT2D eigenvalue weighted by Gasteiger charge is 2.23. The second-order valence-electron chi connectivity index (χ2n) is 6.91. The number of carbonyl (C=O) groups is 2. The van der Waals surface area contributed by atoms with Gasteiger partial charge >= 0.3 is 12.0 Å². The van der Waals surface area contributed by atoms with Crippen LogP contribution in [0.15, 0.2) is 42.5 Å². The number of esters is 1. The minimum Gasteiger partial charge on any atom is -0.497 e. The SMILES string of the molecule is COC(=O)c1ccccc1NC(=O)N1CCN(Cc2cc(OC)ccc2OC)CC1. The standard InChI is InChI=1S/C22H27N3O5/c1-28-17-8-9-20(29-2)16(14-17)15-24-10-12-25(13-11-24)22(27)23-19-7-5-4-6-18(19)21(26)30-3/h4-9,14H,10-13,15H2,1-3H3,(H,23,27). The Morgan fingerprint density at radius 3 is 2.37 bits per heavy atom. The molecule has 2 aromatic rings. The largest absolute Gasteiger partial charge is 0.497 e. The van der Waals surface area contributed by atoms with Gasteiger partial charge in [0.2, 0.25) is 0 Å². The van der Waals surface area contributed by atoms with Crippen molar-refractivity contribution in [3.05, 3.63) is 53.6 Å². The second kappa shape index (κ2) is 9.98. The molecule has 0 atom stereocenters. The molecule has 0 unspecified atom stereocenters. The summed E-state index contributed by atoms with van der Waals surface area (Å²) >= 11 is 0. The molecule has 8 nitrogen and oxygen atoms in total. The number of nitrogens with zero attached hydrogens (tertiary/aromatic N) is 2. The zero-order valence-corrected chi connectivity index (χ0v) is 17.5. The minimum absolute atomic E-state index is 0.232. The van der Waals surface area contributed by atoms with Crippen LogP contribution in [-0.4, -0.2) is 69.3 Å². The third-order valence-electron chi connectivity index (χ3n) is 5.11. The van der Waals surface area contributed by atoms with Crippen molar-refractivity contribution in [2.45, 2.75) is 6.54 Å². The van der Waals surface area contributed by atoms with Crippen molar-refractivity contribution in [3.63, 3.8) is 0 Å². The molecule has 2 aromatic carbocycles. The van der Waals surface area contributed by atoms with Gasteiger partial charge in [-0.15, -0.1) is 0 Å². The van der Waals surface area contributed by atoms with E-state index in [4.69, 9.17) is 14.2 Å².